The number of carbonyl (C=O) groups is 1. The van der Waals surface area contributed by atoms with Crippen molar-refractivity contribution in [1.82, 2.24) is 4.90 Å². The predicted octanol–water partition coefficient (Wildman–Crippen LogP) is 4.37. The van der Waals surface area contributed by atoms with Crippen LogP contribution in [0.5, 0.6) is 0 Å². The van der Waals surface area contributed by atoms with Gasteiger partial charge in [0.2, 0.25) is 0 Å². The van der Waals surface area contributed by atoms with Crippen LogP contribution in [0.1, 0.15) is 35.7 Å². The van der Waals surface area contributed by atoms with Crippen LogP contribution in [-0.4, -0.2) is 17.4 Å². The standard InChI is InChI=1S/C21H20FNO3/c1-2-3-12-23(14-15-8-10-17(22)11-9-15)20(24)18-13-16-6-4-5-7-19(16)26-21(18)25/h4-11,13H,2-3,12,14H2,1H3. The number of fused-ring (bicyclic) bond motifs is 1. The fraction of sp³-hybridized carbons (Fsp3) is 0.238. The van der Waals surface area contributed by atoms with Crippen molar-refractivity contribution in [3.63, 3.8) is 0 Å². The monoisotopic (exact) mass is 353 g/mol. The van der Waals surface area contributed by atoms with E-state index in [1.54, 1.807) is 41.3 Å². The number of nitrogens with zero attached hydrogens (tertiary/aromatic N) is 1. The first kappa shape index (κ1) is 17.9. The summed E-state index contributed by atoms with van der Waals surface area (Å²) in [5.41, 5.74) is 0.630. The molecule has 0 atom stereocenters. The van der Waals surface area contributed by atoms with Crippen LogP contribution in [0.15, 0.2) is 63.8 Å². The lowest BCUT2D eigenvalue weighted by Gasteiger charge is -2.22. The van der Waals surface area contributed by atoms with Crippen molar-refractivity contribution < 1.29 is 13.6 Å². The zero-order valence-electron chi connectivity index (χ0n) is 14.6. The highest BCUT2D eigenvalue weighted by atomic mass is 19.1. The van der Waals surface area contributed by atoms with Crippen molar-refractivity contribution in [3.8, 4) is 0 Å². The van der Waals surface area contributed by atoms with E-state index < -0.39 is 5.63 Å². The minimum absolute atomic E-state index is 0.0157. The highest BCUT2D eigenvalue weighted by molar-refractivity contribution is 5.96. The van der Waals surface area contributed by atoms with Crippen LogP contribution in [0.25, 0.3) is 11.0 Å². The highest BCUT2D eigenvalue weighted by Gasteiger charge is 2.20. The third kappa shape index (κ3) is 3.99. The van der Waals surface area contributed by atoms with E-state index in [-0.39, 0.29) is 17.3 Å². The molecule has 3 rings (SSSR count). The van der Waals surface area contributed by atoms with Gasteiger partial charge in [0.25, 0.3) is 5.91 Å². The Bertz CT molecular complexity index is 963. The number of rotatable bonds is 6. The van der Waals surface area contributed by atoms with Gasteiger partial charge in [-0.3, -0.25) is 4.79 Å². The molecule has 0 aliphatic carbocycles. The molecule has 1 aromatic heterocycles. The minimum Gasteiger partial charge on any atom is -0.422 e. The number of benzene rings is 2. The molecule has 0 saturated carbocycles. The zero-order chi connectivity index (χ0) is 18.5. The summed E-state index contributed by atoms with van der Waals surface area (Å²) in [6, 6.07) is 14.7. The molecule has 0 fully saturated rings. The Morgan fingerprint density at radius 1 is 1.12 bits per heavy atom. The van der Waals surface area contributed by atoms with Gasteiger partial charge < -0.3 is 9.32 Å². The van der Waals surface area contributed by atoms with Gasteiger partial charge in [0, 0.05) is 18.5 Å². The van der Waals surface area contributed by atoms with E-state index in [4.69, 9.17) is 4.42 Å². The molecule has 0 N–H and O–H groups in total. The molecule has 0 spiro atoms. The number of para-hydroxylation sites is 1. The Hall–Kier alpha value is -2.95. The van der Waals surface area contributed by atoms with Crippen molar-refractivity contribution in [2.75, 3.05) is 6.54 Å². The normalized spacial score (nSPS) is 10.8. The van der Waals surface area contributed by atoms with Gasteiger partial charge in [-0.2, -0.15) is 0 Å². The second-order valence-corrected chi connectivity index (χ2v) is 6.19. The maximum absolute atomic E-state index is 13.1. The molecule has 1 heterocycles. The van der Waals surface area contributed by atoms with Gasteiger partial charge in [-0.25, -0.2) is 9.18 Å². The Morgan fingerprint density at radius 3 is 2.58 bits per heavy atom. The summed E-state index contributed by atoms with van der Waals surface area (Å²) in [6.45, 7) is 2.86. The molecule has 134 valence electrons. The highest BCUT2D eigenvalue weighted by Crippen LogP contribution is 2.16. The van der Waals surface area contributed by atoms with Crippen LogP contribution in [-0.2, 0) is 6.54 Å². The van der Waals surface area contributed by atoms with Crippen LogP contribution >= 0.6 is 0 Å². The molecule has 0 radical (unpaired) electrons. The van der Waals surface area contributed by atoms with Gasteiger partial charge in [-0.1, -0.05) is 43.7 Å². The molecule has 5 heteroatoms. The average molecular weight is 353 g/mol. The Labute approximate surface area is 150 Å². The van der Waals surface area contributed by atoms with Crippen molar-refractivity contribution in [3.05, 3.63) is 82.0 Å². The molecule has 2 aromatic carbocycles. The van der Waals surface area contributed by atoms with Crippen molar-refractivity contribution >= 4 is 16.9 Å². The van der Waals surface area contributed by atoms with Gasteiger partial charge in [0.1, 0.15) is 17.0 Å². The van der Waals surface area contributed by atoms with Gasteiger partial charge in [-0.05, 0) is 36.2 Å². The first-order valence-corrected chi connectivity index (χ1v) is 8.65. The average Bonchev–Trinajstić information content (AvgIpc) is 2.65. The molecular weight excluding hydrogens is 333 g/mol. The van der Waals surface area contributed by atoms with E-state index in [2.05, 4.69) is 0 Å². The summed E-state index contributed by atoms with van der Waals surface area (Å²) >= 11 is 0. The second kappa shape index (κ2) is 7.95. The topological polar surface area (TPSA) is 50.5 Å². The van der Waals surface area contributed by atoms with Crippen LogP contribution < -0.4 is 5.63 Å². The molecular formula is C21H20FNO3. The van der Waals surface area contributed by atoms with Crippen molar-refractivity contribution in [1.29, 1.82) is 0 Å². The lowest BCUT2D eigenvalue weighted by molar-refractivity contribution is 0.0736. The summed E-state index contributed by atoms with van der Waals surface area (Å²) in [5, 5.41) is 0.702. The van der Waals surface area contributed by atoms with Crippen LogP contribution in [0.3, 0.4) is 0 Å². The van der Waals surface area contributed by atoms with Crippen LogP contribution in [0, 0.1) is 5.82 Å². The molecule has 26 heavy (non-hydrogen) atoms. The fourth-order valence-electron chi connectivity index (χ4n) is 2.79. The first-order chi connectivity index (χ1) is 12.6. The lowest BCUT2D eigenvalue weighted by atomic mass is 10.1. The number of unbranched alkanes of at least 4 members (excludes halogenated alkanes) is 1. The quantitative estimate of drug-likeness (QED) is 0.618. The first-order valence-electron chi connectivity index (χ1n) is 8.65. The summed E-state index contributed by atoms with van der Waals surface area (Å²) in [5.74, 6) is -0.697. The Morgan fingerprint density at radius 2 is 1.85 bits per heavy atom. The zero-order valence-corrected chi connectivity index (χ0v) is 14.6. The van der Waals surface area contributed by atoms with Crippen LogP contribution in [0.4, 0.5) is 4.39 Å². The third-order valence-corrected chi connectivity index (χ3v) is 4.23. The van der Waals surface area contributed by atoms with E-state index in [1.807, 2.05) is 13.0 Å². The van der Waals surface area contributed by atoms with E-state index in [0.717, 1.165) is 18.4 Å². The SMILES string of the molecule is CCCCN(Cc1ccc(F)cc1)C(=O)c1cc2ccccc2oc1=O. The number of hydrogen-bond donors (Lipinski definition) is 0. The summed E-state index contributed by atoms with van der Waals surface area (Å²) in [4.78, 5) is 26.9. The minimum atomic E-state index is -0.644. The largest absolute Gasteiger partial charge is 0.422 e. The molecule has 3 aromatic rings. The maximum atomic E-state index is 13.1. The van der Waals surface area contributed by atoms with Gasteiger partial charge in [0.15, 0.2) is 0 Å². The van der Waals surface area contributed by atoms with E-state index in [9.17, 15) is 14.0 Å². The van der Waals surface area contributed by atoms with E-state index in [0.29, 0.717) is 24.1 Å². The molecule has 1 amide bonds. The summed E-state index contributed by atoms with van der Waals surface area (Å²) in [6.07, 6.45) is 1.73. The molecule has 0 aliphatic rings. The molecule has 0 bridgehead atoms. The second-order valence-electron chi connectivity index (χ2n) is 6.19. The predicted molar refractivity (Wildman–Crippen MR) is 98.5 cm³/mol. The lowest BCUT2D eigenvalue weighted by Crippen LogP contribution is -2.34. The number of hydrogen-bond acceptors (Lipinski definition) is 3. The number of amides is 1. The molecule has 0 aliphatic heterocycles. The smallest absolute Gasteiger partial charge is 0.349 e. The van der Waals surface area contributed by atoms with Gasteiger partial charge in [-0.15, -0.1) is 0 Å². The third-order valence-electron chi connectivity index (χ3n) is 4.23. The summed E-state index contributed by atoms with van der Waals surface area (Å²) in [7, 11) is 0. The maximum Gasteiger partial charge on any atom is 0.349 e. The van der Waals surface area contributed by atoms with E-state index in [1.165, 1.54) is 12.1 Å². The molecule has 0 saturated heterocycles. The van der Waals surface area contributed by atoms with Gasteiger partial charge in [0.05, 0.1) is 0 Å². The van der Waals surface area contributed by atoms with Crippen LogP contribution in [0.2, 0.25) is 0 Å². The van der Waals surface area contributed by atoms with Gasteiger partial charge >= 0.3 is 5.63 Å². The molecule has 0 unspecified atom stereocenters. The fourth-order valence-corrected chi connectivity index (χ4v) is 2.79. The Balaban J connectivity index is 1.92. The number of halogens is 1. The Kier molecular flexibility index (Phi) is 5.46. The number of carbonyl (C=O) groups excluding carboxylic acids is 1. The summed E-state index contributed by atoms with van der Waals surface area (Å²) < 4.78 is 18.4. The molecule has 4 nitrogen and oxygen atoms in total. The van der Waals surface area contributed by atoms with E-state index >= 15 is 0 Å². The van der Waals surface area contributed by atoms with Crippen molar-refractivity contribution in [2.45, 2.75) is 26.3 Å². The van der Waals surface area contributed by atoms with Crippen molar-refractivity contribution in [2.24, 2.45) is 0 Å².